The molecule has 2 saturated heterocycles. The smallest absolute Gasteiger partial charge is 0.243 e. The van der Waals surface area contributed by atoms with Gasteiger partial charge in [0.25, 0.3) is 0 Å². The van der Waals surface area contributed by atoms with Crippen LogP contribution in [0.3, 0.4) is 0 Å². The third-order valence-electron chi connectivity index (χ3n) is 5.45. The van der Waals surface area contributed by atoms with Crippen molar-refractivity contribution >= 4 is 33.2 Å². The van der Waals surface area contributed by atoms with Gasteiger partial charge in [0, 0.05) is 30.9 Å². The minimum atomic E-state index is -3.90. The highest BCUT2D eigenvalue weighted by atomic mass is 32.2. The van der Waals surface area contributed by atoms with Crippen molar-refractivity contribution in [1.82, 2.24) is 4.31 Å². The summed E-state index contributed by atoms with van der Waals surface area (Å²) in [4.78, 5) is 26.3. The number of sulfonamides is 1. The van der Waals surface area contributed by atoms with Crippen LogP contribution in [0.4, 0.5) is 15.8 Å². The first-order chi connectivity index (χ1) is 14.4. The Morgan fingerprint density at radius 2 is 1.70 bits per heavy atom. The summed E-state index contributed by atoms with van der Waals surface area (Å²) in [5.74, 6) is -0.855. The van der Waals surface area contributed by atoms with E-state index >= 15 is 0 Å². The Kier molecular flexibility index (Phi) is 5.57. The van der Waals surface area contributed by atoms with Crippen molar-refractivity contribution < 1.29 is 22.4 Å². The van der Waals surface area contributed by atoms with Gasteiger partial charge in [0.2, 0.25) is 21.8 Å². The summed E-state index contributed by atoms with van der Waals surface area (Å²) in [5.41, 5.74) is 1.30. The number of carbonyl (C=O) groups is 2. The molecule has 2 aromatic rings. The van der Waals surface area contributed by atoms with Crippen LogP contribution in [0.15, 0.2) is 53.4 Å². The van der Waals surface area contributed by atoms with Crippen LogP contribution in [-0.4, -0.2) is 43.7 Å². The topological polar surface area (TPSA) is 86.8 Å². The maximum absolute atomic E-state index is 13.2. The molecule has 0 saturated carbocycles. The lowest BCUT2D eigenvalue weighted by Gasteiger charge is -2.23. The molecule has 4 rings (SSSR count). The molecule has 2 aromatic carbocycles. The lowest BCUT2D eigenvalue weighted by atomic mass is 10.2. The molecule has 0 spiro atoms. The van der Waals surface area contributed by atoms with Crippen LogP contribution in [-0.2, 0) is 19.6 Å². The molecule has 1 N–H and O–H groups in total. The standard InChI is InChI=1S/C21H22FN3O4S/c22-15-5-11-18(12-6-15)30(28,29)25-14-1-3-19(25)21(27)23-16-7-9-17(10-8-16)24-13-2-4-20(24)26/h5-12,19H,1-4,13-14H2,(H,23,27). The summed E-state index contributed by atoms with van der Waals surface area (Å²) >= 11 is 0. The second-order valence-electron chi connectivity index (χ2n) is 7.41. The first kappa shape index (κ1) is 20.5. The summed E-state index contributed by atoms with van der Waals surface area (Å²) in [6, 6.07) is 10.7. The van der Waals surface area contributed by atoms with Crippen molar-refractivity contribution in [2.75, 3.05) is 23.3 Å². The third-order valence-corrected chi connectivity index (χ3v) is 7.37. The van der Waals surface area contributed by atoms with Crippen molar-refractivity contribution in [3.63, 3.8) is 0 Å². The molecule has 2 aliphatic rings. The van der Waals surface area contributed by atoms with Gasteiger partial charge in [-0.25, -0.2) is 12.8 Å². The van der Waals surface area contributed by atoms with E-state index in [1.54, 1.807) is 29.2 Å². The van der Waals surface area contributed by atoms with E-state index < -0.39 is 27.8 Å². The molecular weight excluding hydrogens is 409 g/mol. The minimum absolute atomic E-state index is 0.0387. The van der Waals surface area contributed by atoms with Gasteiger partial charge in [0.1, 0.15) is 11.9 Å². The van der Waals surface area contributed by atoms with Gasteiger partial charge >= 0.3 is 0 Å². The summed E-state index contributed by atoms with van der Waals surface area (Å²) in [6.45, 7) is 0.913. The van der Waals surface area contributed by atoms with Crippen LogP contribution < -0.4 is 10.2 Å². The lowest BCUT2D eigenvalue weighted by molar-refractivity contribution is -0.119. The molecule has 1 unspecified atom stereocenters. The molecule has 2 aliphatic heterocycles. The highest BCUT2D eigenvalue weighted by Crippen LogP contribution is 2.28. The molecular formula is C21H22FN3O4S. The fraction of sp³-hybridized carbons (Fsp3) is 0.333. The summed E-state index contributed by atoms with van der Waals surface area (Å²) in [5, 5.41) is 2.77. The first-order valence-corrected chi connectivity index (χ1v) is 11.3. The van der Waals surface area contributed by atoms with Gasteiger partial charge < -0.3 is 10.2 Å². The number of halogens is 1. The molecule has 9 heteroatoms. The molecule has 2 fully saturated rings. The van der Waals surface area contributed by atoms with Crippen molar-refractivity contribution in [3.8, 4) is 0 Å². The second kappa shape index (κ2) is 8.16. The fourth-order valence-electron chi connectivity index (χ4n) is 3.90. The van der Waals surface area contributed by atoms with Gasteiger partial charge in [-0.1, -0.05) is 0 Å². The van der Waals surface area contributed by atoms with Crippen molar-refractivity contribution in [2.24, 2.45) is 0 Å². The molecule has 7 nitrogen and oxygen atoms in total. The second-order valence-corrected chi connectivity index (χ2v) is 9.30. The normalized spacial score (nSPS) is 20.0. The Hall–Kier alpha value is -2.78. The molecule has 158 valence electrons. The molecule has 2 heterocycles. The highest BCUT2D eigenvalue weighted by Gasteiger charge is 2.39. The maximum atomic E-state index is 13.2. The first-order valence-electron chi connectivity index (χ1n) is 9.85. The zero-order chi connectivity index (χ0) is 21.3. The average Bonchev–Trinajstić information content (AvgIpc) is 3.38. The maximum Gasteiger partial charge on any atom is 0.243 e. The molecule has 1 atom stereocenters. The van der Waals surface area contributed by atoms with Gasteiger partial charge in [-0.3, -0.25) is 9.59 Å². The van der Waals surface area contributed by atoms with Gasteiger partial charge in [-0.15, -0.1) is 0 Å². The van der Waals surface area contributed by atoms with E-state index in [2.05, 4.69) is 5.32 Å². The lowest BCUT2D eigenvalue weighted by Crippen LogP contribution is -2.43. The average molecular weight is 431 g/mol. The van der Waals surface area contributed by atoms with Crippen molar-refractivity contribution in [3.05, 3.63) is 54.3 Å². The van der Waals surface area contributed by atoms with E-state index in [-0.39, 0.29) is 17.3 Å². The van der Waals surface area contributed by atoms with Gasteiger partial charge in [0.05, 0.1) is 4.90 Å². The number of hydrogen-bond acceptors (Lipinski definition) is 4. The number of rotatable bonds is 5. The van der Waals surface area contributed by atoms with Gasteiger partial charge in [0.15, 0.2) is 0 Å². The predicted molar refractivity (Wildman–Crippen MR) is 110 cm³/mol. The largest absolute Gasteiger partial charge is 0.325 e. The highest BCUT2D eigenvalue weighted by molar-refractivity contribution is 7.89. The molecule has 0 bridgehead atoms. The quantitative estimate of drug-likeness (QED) is 0.789. The number of hydrogen-bond donors (Lipinski definition) is 1. The molecule has 0 aliphatic carbocycles. The number of nitrogens with one attached hydrogen (secondary N) is 1. The zero-order valence-electron chi connectivity index (χ0n) is 16.3. The van der Waals surface area contributed by atoms with Crippen LogP contribution in [0.25, 0.3) is 0 Å². The van der Waals surface area contributed by atoms with Gasteiger partial charge in [-0.2, -0.15) is 4.31 Å². The Morgan fingerprint density at radius 3 is 2.33 bits per heavy atom. The number of amides is 2. The Morgan fingerprint density at radius 1 is 1.00 bits per heavy atom. The van der Waals surface area contributed by atoms with Crippen LogP contribution in [0.2, 0.25) is 0 Å². The zero-order valence-corrected chi connectivity index (χ0v) is 17.1. The van der Waals surface area contributed by atoms with Crippen LogP contribution in [0.1, 0.15) is 25.7 Å². The van der Waals surface area contributed by atoms with Crippen LogP contribution in [0.5, 0.6) is 0 Å². The number of nitrogens with zero attached hydrogens (tertiary/aromatic N) is 2. The Bertz CT molecular complexity index is 1050. The molecule has 0 radical (unpaired) electrons. The van der Waals surface area contributed by atoms with E-state index in [9.17, 15) is 22.4 Å². The number of benzene rings is 2. The molecule has 30 heavy (non-hydrogen) atoms. The third kappa shape index (κ3) is 3.95. The molecule has 2 amide bonds. The number of carbonyl (C=O) groups excluding carboxylic acids is 2. The summed E-state index contributed by atoms with van der Waals surface area (Å²) < 4.78 is 40.2. The van der Waals surface area contributed by atoms with Crippen LogP contribution >= 0.6 is 0 Å². The summed E-state index contributed by atoms with van der Waals surface area (Å²) in [6.07, 6.45) is 2.34. The van der Waals surface area contributed by atoms with Gasteiger partial charge in [-0.05, 0) is 67.8 Å². The number of anilines is 2. The predicted octanol–water partition coefficient (Wildman–Crippen LogP) is 2.74. The SMILES string of the molecule is O=C(Nc1ccc(N2CCCC2=O)cc1)C1CCCN1S(=O)(=O)c1ccc(F)cc1. The van der Waals surface area contributed by atoms with Crippen molar-refractivity contribution in [2.45, 2.75) is 36.6 Å². The Balaban J connectivity index is 1.47. The van der Waals surface area contributed by atoms with E-state index in [4.69, 9.17) is 0 Å². The minimum Gasteiger partial charge on any atom is -0.325 e. The fourth-order valence-corrected chi connectivity index (χ4v) is 5.56. The summed E-state index contributed by atoms with van der Waals surface area (Å²) in [7, 11) is -3.90. The van der Waals surface area contributed by atoms with E-state index in [0.29, 0.717) is 31.5 Å². The monoisotopic (exact) mass is 431 g/mol. The Labute approximate surface area is 174 Å². The van der Waals surface area contributed by atoms with Crippen molar-refractivity contribution in [1.29, 1.82) is 0 Å². The molecule has 0 aromatic heterocycles. The van der Waals surface area contributed by atoms with E-state index in [1.165, 1.54) is 16.4 Å². The van der Waals surface area contributed by atoms with E-state index in [1.807, 2.05) is 0 Å². The van der Waals surface area contributed by atoms with Crippen LogP contribution in [0, 0.1) is 5.82 Å². The van der Waals surface area contributed by atoms with E-state index in [0.717, 1.165) is 24.2 Å².